The SMILES string of the molecule is C=CCn1c(SCC(=O)c2ccc(OCC)cc2)nnc1-c1ccc(OC)cc1. The fourth-order valence-corrected chi connectivity index (χ4v) is 3.60. The van der Waals surface area contributed by atoms with Crippen LogP contribution in [0.1, 0.15) is 17.3 Å². The number of benzene rings is 2. The van der Waals surface area contributed by atoms with Crippen LogP contribution < -0.4 is 9.47 Å². The summed E-state index contributed by atoms with van der Waals surface area (Å²) in [5.41, 5.74) is 1.57. The Morgan fingerprint density at radius 3 is 2.41 bits per heavy atom. The van der Waals surface area contributed by atoms with Crippen LogP contribution in [0.25, 0.3) is 11.4 Å². The van der Waals surface area contributed by atoms with Crippen molar-refractivity contribution in [2.24, 2.45) is 0 Å². The highest BCUT2D eigenvalue weighted by molar-refractivity contribution is 7.99. The molecule has 7 heteroatoms. The normalized spacial score (nSPS) is 10.6. The lowest BCUT2D eigenvalue weighted by atomic mass is 10.1. The Bertz CT molecular complexity index is 966. The van der Waals surface area contributed by atoms with Crippen molar-refractivity contribution in [3.8, 4) is 22.9 Å². The molecule has 0 bridgehead atoms. The van der Waals surface area contributed by atoms with Gasteiger partial charge in [0.2, 0.25) is 0 Å². The first-order valence-electron chi connectivity index (χ1n) is 9.23. The number of thioether (sulfide) groups is 1. The van der Waals surface area contributed by atoms with Gasteiger partial charge in [-0.25, -0.2) is 0 Å². The van der Waals surface area contributed by atoms with Crippen LogP contribution in [0.15, 0.2) is 66.3 Å². The van der Waals surface area contributed by atoms with Crippen LogP contribution in [0, 0.1) is 0 Å². The highest BCUT2D eigenvalue weighted by atomic mass is 32.2. The standard InChI is InChI=1S/C22H23N3O3S/c1-4-14-25-21(17-8-10-18(27-3)11-9-17)23-24-22(25)29-15-20(26)16-6-12-19(13-7-16)28-5-2/h4,6-13H,1,5,14-15H2,2-3H3. The first-order valence-corrected chi connectivity index (χ1v) is 10.2. The van der Waals surface area contributed by atoms with E-state index in [1.165, 1.54) is 11.8 Å². The first kappa shape index (κ1) is 20.7. The third-order valence-electron chi connectivity index (χ3n) is 4.20. The summed E-state index contributed by atoms with van der Waals surface area (Å²) in [6.45, 7) is 6.89. The van der Waals surface area contributed by atoms with Crippen LogP contribution in [0.2, 0.25) is 0 Å². The predicted octanol–water partition coefficient (Wildman–Crippen LogP) is 4.51. The highest BCUT2D eigenvalue weighted by Crippen LogP contribution is 2.26. The second kappa shape index (κ2) is 9.93. The van der Waals surface area contributed by atoms with Crippen molar-refractivity contribution in [2.75, 3.05) is 19.5 Å². The number of hydrogen-bond acceptors (Lipinski definition) is 6. The summed E-state index contributed by atoms with van der Waals surface area (Å²) in [4.78, 5) is 12.6. The molecule has 1 aromatic heterocycles. The van der Waals surface area contributed by atoms with Crippen molar-refractivity contribution in [1.29, 1.82) is 0 Å². The van der Waals surface area contributed by atoms with Gasteiger partial charge in [-0.05, 0) is 55.5 Å². The van der Waals surface area contributed by atoms with E-state index in [0.717, 1.165) is 22.9 Å². The van der Waals surface area contributed by atoms with Crippen molar-refractivity contribution in [2.45, 2.75) is 18.6 Å². The molecule has 6 nitrogen and oxygen atoms in total. The zero-order valence-electron chi connectivity index (χ0n) is 16.5. The van der Waals surface area contributed by atoms with Crippen molar-refractivity contribution in [3.63, 3.8) is 0 Å². The van der Waals surface area contributed by atoms with Crippen LogP contribution in [0.3, 0.4) is 0 Å². The molecule has 0 unspecified atom stereocenters. The second-order valence-electron chi connectivity index (χ2n) is 6.10. The molecule has 0 aliphatic carbocycles. The third-order valence-corrected chi connectivity index (χ3v) is 5.16. The smallest absolute Gasteiger partial charge is 0.192 e. The van der Waals surface area contributed by atoms with Gasteiger partial charge in [0.25, 0.3) is 0 Å². The van der Waals surface area contributed by atoms with Crippen LogP contribution in [-0.2, 0) is 6.54 Å². The molecule has 0 aliphatic rings. The zero-order chi connectivity index (χ0) is 20.6. The average molecular weight is 410 g/mol. The van der Waals surface area contributed by atoms with E-state index in [9.17, 15) is 4.79 Å². The molecule has 0 saturated heterocycles. The van der Waals surface area contributed by atoms with Crippen molar-refractivity contribution < 1.29 is 14.3 Å². The average Bonchev–Trinajstić information content (AvgIpc) is 3.15. The molecular formula is C22H23N3O3S. The quantitative estimate of drug-likeness (QED) is 0.279. The number of ketones is 1. The maximum absolute atomic E-state index is 12.6. The van der Waals surface area contributed by atoms with Crippen LogP contribution in [0.4, 0.5) is 0 Å². The zero-order valence-corrected chi connectivity index (χ0v) is 17.3. The second-order valence-corrected chi connectivity index (χ2v) is 7.05. The van der Waals surface area contributed by atoms with Gasteiger partial charge in [-0.3, -0.25) is 9.36 Å². The summed E-state index contributed by atoms with van der Waals surface area (Å²) in [6, 6.07) is 14.8. The minimum atomic E-state index is 0.0252. The summed E-state index contributed by atoms with van der Waals surface area (Å²) in [6.07, 6.45) is 1.79. The number of carbonyl (C=O) groups excluding carboxylic acids is 1. The van der Waals surface area contributed by atoms with Crippen LogP contribution >= 0.6 is 11.8 Å². The molecule has 0 N–H and O–H groups in total. The maximum atomic E-state index is 12.6. The van der Waals surface area contributed by atoms with Gasteiger partial charge < -0.3 is 9.47 Å². The number of rotatable bonds is 10. The van der Waals surface area contributed by atoms with E-state index in [1.54, 1.807) is 25.3 Å². The van der Waals surface area contributed by atoms with E-state index in [2.05, 4.69) is 16.8 Å². The van der Waals surface area contributed by atoms with E-state index >= 15 is 0 Å². The Morgan fingerprint density at radius 1 is 1.10 bits per heavy atom. The number of aromatic nitrogens is 3. The van der Waals surface area contributed by atoms with Crippen molar-refractivity contribution in [1.82, 2.24) is 14.8 Å². The molecule has 0 atom stereocenters. The Kier molecular flexibility index (Phi) is 7.08. The molecular weight excluding hydrogens is 386 g/mol. The number of ether oxygens (including phenoxy) is 2. The van der Waals surface area contributed by atoms with E-state index in [1.807, 2.05) is 47.9 Å². The fourth-order valence-electron chi connectivity index (χ4n) is 2.76. The van der Waals surface area contributed by atoms with Crippen molar-refractivity contribution >= 4 is 17.5 Å². The lowest BCUT2D eigenvalue weighted by molar-refractivity contribution is 0.102. The predicted molar refractivity (Wildman–Crippen MR) is 115 cm³/mol. The van der Waals surface area contributed by atoms with Gasteiger partial charge in [0, 0.05) is 17.7 Å². The Labute approximate surface area is 174 Å². The van der Waals surface area contributed by atoms with Gasteiger partial charge in [0.1, 0.15) is 11.5 Å². The Balaban J connectivity index is 1.73. The Morgan fingerprint density at radius 2 is 1.79 bits per heavy atom. The maximum Gasteiger partial charge on any atom is 0.192 e. The lowest BCUT2D eigenvalue weighted by Crippen LogP contribution is -2.05. The molecule has 2 aromatic carbocycles. The fraction of sp³-hybridized carbons (Fsp3) is 0.227. The molecule has 0 radical (unpaired) electrons. The van der Waals surface area contributed by atoms with E-state index in [4.69, 9.17) is 9.47 Å². The number of allylic oxidation sites excluding steroid dienone is 1. The molecule has 0 fully saturated rings. The summed E-state index contributed by atoms with van der Waals surface area (Å²) in [5.74, 6) is 2.55. The molecule has 0 aliphatic heterocycles. The molecule has 0 spiro atoms. The van der Waals surface area contributed by atoms with Crippen LogP contribution in [-0.4, -0.2) is 40.0 Å². The first-order chi connectivity index (χ1) is 14.2. The largest absolute Gasteiger partial charge is 0.497 e. The minimum Gasteiger partial charge on any atom is -0.497 e. The van der Waals surface area contributed by atoms with Gasteiger partial charge in [0.05, 0.1) is 19.5 Å². The monoisotopic (exact) mass is 409 g/mol. The molecule has 0 saturated carbocycles. The van der Waals surface area contributed by atoms with Crippen LogP contribution in [0.5, 0.6) is 11.5 Å². The molecule has 0 amide bonds. The van der Waals surface area contributed by atoms with Gasteiger partial charge in [-0.1, -0.05) is 17.8 Å². The third kappa shape index (κ3) is 5.06. The summed E-state index contributed by atoms with van der Waals surface area (Å²) in [7, 11) is 1.63. The van der Waals surface area contributed by atoms with E-state index in [0.29, 0.717) is 23.9 Å². The number of nitrogens with zero attached hydrogens (tertiary/aromatic N) is 3. The van der Waals surface area contributed by atoms with Gasteiger partial charge in [0.15, 0.2) is 16.8 Å². The number of carbonyl (C=O) groups is 1. The molecule has 3 rings (SSSR count). The van der Waals surface area contributed by atoms with Crippen molar-refractivity contribution in [3.05, 3.63) is 66.7 Å². The molecule has 3 aromatic rings. The lowest BCUT2D eigenvalue weighted by Gasteiger charge is -2.08. The van der Waals surface area contributed by atoms with E-state index < -0.39 is 0 Å². The van der Waals surface area contributed by atoms with E-state index in [-0.39, 0.29) is 11.5 Å². The molecule has 29 heavy (non-hydrogen) atoms. The summed E-state index contributed by atoms with van der Waals surface area (Å²) in [5, 5.41) is 9.28. The van der Waals surface area contributed by atoms with Gasteiger partial charge >= 0.3 is 0 Å². The molecule has 150 valence electrons. The highest BCUT2D eigenvalue weighted by Gasteiger charge is 2.16. The summed E-state index contributed by atoms with van der Waals surface area (Å²) < 4.78 is 12.6. The number of methoxy groups -OCH3 is 1. The number of hydrogen-bond donors (Lipinski definition) is 0. The molecule has 1 heterocycles. The number of Topliss-reactive ketones (excluding diaryl/α,β-unsaturated/α-hetero) is 1. The topological polar surface area (TPSA) is 66.2 Å². The minimum absolute atomic E-state index is 0.0252. The van der Waals surface area contributed by atoms with Gasteiger partial charge in [-0.2, -0.15) is 0 Å². The Hall–Kier alpha value is -3.06. The summed E-state index contributed by atoms with van der Waals surface area (Å²) >= 11 is 1.36. The van der Waals surface area contributed by atoms with Gasteiger partial charge in [-0.15, -0.1) is 16.8 Å².